The highest BCUT2D eigenvalue weighted by Gasteiger charge is 2.17. The minimum atomic E-state index is -0.879. The summed E-state index contributed by atoms with van der Waals surface area (Å²) in [5, 5.41) is 22.8. The van der Waals surface area contributed by atoms with Crippen LogP contribution in [-0.2, 0) is 11.2 Å². The Bertz CT molecular complexity index is 721. The van der Waals surface area contributed by atoms with Crippen LogP contribution in [0.5, 0.6) is 0 Å². The molecule has 0 saturated heterocycles. The van der Waals surface area contributed by atoms with E-state index in [9.17, 15) is 14.9 Å². The van der Waals surface area contributed by atoms with E-state index in [1.807, 2.05) is 30.3 Å². The number of aryl methyl sites for hydroxylation is 1. The Morgan fingerprint density at radius 2 is 2.08 bits per heavy atom. The molecular weight excluding hydrogens is 312 g/mol. The maximum atomic E-state index is 10.8. The zero-order valence-electron chi connectivity index (χ0n) is 13.2. The molecule has 0 spiro atoms. The summed E-state index contributed by atoms with van der Waals surface area (Å²) in [5.74, 6) is -0.625. The van der Waals surface area contributed by atoms with Crippen LogP contribution in [-0.4, -0.2) is 32.0 Å². The molecule has 2 N–H and O–H groups in total. The van der Waals surface area contributed by atoms with Gasteiger partial charge < -0.3 is 10.4 Å². The summed E-state index contributed by atoms with van der Waals surface area (Å²) < 4.78 is 0. The number of nitro groups is 1. The summed E-state index contributed by atoms with van der Waals surface area (Å²) in [6, 6.07) is 9.46. The van der Waals surface area contributed by atoms with Crippen LogP contribution in [0.3, 0.4) is 0 Å². The molecule has 1 aromatic carbocycles. The molecule has 0 saturated carbocycles. The number of hydrogen-bond donors (Lipinski definition) is 2. The quantitative estimate of drug-likeness (QED) is 0.564. The Labute approximate surface area is 138 Å². The molecule has 1 unspecified atom stereocenters. The van der Waals surface area contributed by atoms with Crippen molar-refractivity contribution in [2.45, 2.75) is 32.2 Å². The van der Waals surface area contributed by atoms with Crippen LogP contribution in [0.25, 0.3) is 0 Å². The van der Waals surface area contributed by atoms with Gasteiger partial charge in [0.15, 0.2) is 0 Å². The smallest absolute Gasteiger partial charge is 0.308 e. The summed E-state index contributed by atoms with van der Waals surface area (Å²) in [4.78, 5) is 29.2. The zero-order valence-corrected chi connectivity index (χ0v) is 13.2. The molecule has 0 aliphatic carbocycles. The van der Waals surface area contributed by atoms with E-state index in [4.69, 9.17) is 5.11 Å². The van der Waals surface area contributed by atoms with Crippen molar-refractivity contribution in [2.24, 2.45) is 0 Å². The van der Waals surface area contributed by atoms with Gasteiger partial charge in [-0.25, -0.2) is 9.97 Å². The van der Waals surface area contributed by atoms with E-state index in [0.717, 1.165) is 11.8 Å². The van der Waals surface area contributed by atoms with Crippen molar-refractivity contribution < 1.29 is 14.8 Å². The number of nitrogens with one attached hydrogen (secondary N) is 1. The van der Waals surface area contributed by atoms with E-state index >= 15 is 0 Å². The molecule has 0 bridgehead atoms. The van der Waals surface area contributed by atoms with Crippen LogP contribution < -0.4 is 5.32 Å². The fourth-order valence-electron chi connectivity index (χ4n) is 2.31. The molecule has 0 fully saturated rings. The predicted octanol–water partition coefficient (Wildman–Crippen LogP) is 2.58. The van der Waals surface area contributed by atoms with Crippen molar-refractivity contribution in [1.29, 1.82) is 0 Å². The SMILES string of the molecule is Cc1nc(NC(CCC(=O)O)Cc2ccccc2)ncc1[N+](=O)[O-]. The molecule has 1 atom stereocenters. The molecule has 0 radical (unpaired) electrons. The van der Waals surface area contributed by atoms with Gasteiger partial charge in [0.1, 0.15) is 11.9 Å². The van der Waals surface area contributed by atoms with Crippen molar-refractivity contribution in [3.05, 3.63) is 57.9 Å². The summed E-state index contributed by atoms with van der Waals surface area (Å²) in [6.45, 7) is 1.54. The summed E-state index contributed by atoms with van der Waals surface area (Å²) in [6.07, 6.45) is 2.16. The summed E-state index contributed by atoms with van der Waals surface area (Å²) in [7, 11) is 0. The molecule has 1 aromatic heterocycles. The molecule has 0 amide bonds. The second kappa shape index (κ2) is 8.00. The molecule has 0 aliphatic heterocycles. The fourth-order valence-corrected chi connectivity index (χ4v) is 2.31. The monoisotopic (exact) mass is 330 g/mol. The van der Waals surface area contributed by atoms with Crippen molar-refractivity contribution in [3.63, 3.8) is 0 Å². The van der Waals surface area contributed by atoms with Gasteiger partial charge in [0.05, 0.1) is 4.92 Å². The molecule has 2 aromatic rings. The molecule has 0 aliphatic rings. The molecule has 126 valence electrons. The van der Waals surface area contributed by atoms with Crippen LogP contribution in [0.1, 0.15) is 24.1 Å². The van der Waals surface area contributed by atoms with E-state index < -0.39 is 10.9 Å². The fraction of sp³-hybridized carbons (Fsp3) is 0.312. The Balaban J connectivity index is 2.13. The third kappa shape index (κ3) is 5.01. The number of hydrogen-bond acceptors (Lipinski definition) is 6. The van der Waals surface area contributed by atoms with Gasteiger partial charge in [-0.2, -0.15) is 0 Å². The molecule has 1 heterocycles. The lowest BCUT2D eigenvalue weighted by molar-refractivity contribution is -0.386. The Kier molecular flexibility index (Phi) is 5.78. The number of anilines is 1. The largest absolute Gasteiger partial charge is 0.481 e. The predicted molar refractivity (Wildman–Crippen MR) is 87.8 cm³/mol. The maximum Gasteiger partial charge on any atom is 0.308 e. The lowest BCUT2D eigenvalue weighted by Gasteiger charge is -2.18. The second-order valence-electron chi connectivity index (χ2n) is 5.38. The Hall–Kier alpha value is -3.03. The number of rotatable bonds is 8. The van der Waals surface area contributed by atoms with Gasteiger partial charge in [0.25, 0.3) is 0 Å². The standard InChI is InChI=1S/C16H18N4O4/c1-11-14(20(23)24)10-17-16(18-11)19-13(7-8-15(21)22)9-12-5-3-2-4-6-12/h2-6,10,13H,7-9H2,1H3,(H,21,22)(H,17,18,19). The van der Waals surface area contributed by atoms with Gasteiger partial charge in [-0.15, -0.1) is 0 Å². The summed E-state index contributed by atoms with van der Waals surface area (Å²) in [5.41, 5.74) is 1.17. The van der Waals surface area contributed by atoms with Gasteiger partial charge in [0.2, 0.25) is 5.95 Å². The Morgan fingerprint density at radius 3 is 2.67 bits per heavy atom. The van der Waals surface area contributed by atoms with Gasteiger partial charge in [0, 0.05) is 12.5 Å². The van der Waals surface area contributed by atoms with Gasteiger partial charge in [-0.3, -0.25) is 14.9 Å². The van der Waals surface area contributed by atoms with E-state index in [1.54, 1.807) is 0 Å². The number of carboxylic acids is 1. The number of carboxylic acid groups (broad SMARTS) is 1. The molecular formula is C16H18N4O4. The van der Waals surface area contributed by atoms with Crippen molar-refractivity contribution in [1.82, 2.24) is 9.97 Å². The Morgan fingerprint density at radius 1 is 1.38 bits per heavy atom. The second-order valence-corrected chi connectivity index (χ2v) is 5.38. The first-order valence-electron chi connectivity index (χ1n) is 7.46. The van der Waals surface area contributed by atoms with Crippen LogP contribution in [0, 0.1) is 17.0 Å². The third-order valence-corrected chi connectivity index (χ3v) is 3.51. The highest BCUT2D eigenvalue weighted by atomic mass is 16.6. The number of aliphatic carboxylic acids is 1. The number of benzene rings is 1. The average molecular weight is 330 g/mol. The van der Waals surface area contributed by atoms with Crippen molar-refractivity contribution in [2.75, 3.05) is 5.32 Å². The van der Waals surface area contributed by atoms with Crippen molar-refractivity contribution in [3.8, 4) is 0 Å². The maximum absolute atomic E-state index is 10.8. The number of aromatic nitrogens is 2. The van der Waals surface area contributed by atoms with E-state index in [0.29, 0.717) is 12.8 Å². The first kappa shape index (κ1) is 17.3. The van der Waals surface area contributed by atoms with E-state index in [1.165, 1.54) is 6.92 Å². The molecule has 8 heteroatoms. The lowest BCUT2D eigenvalue weighted by atomic mass is 10.0. The molecule has 8 nitrogen and oxygen atoms in total. The topological polar surface area (TPSA) is 118 Å². The van der Waals surface area contributed by atoms with Gasteiger partial charge in [-0.05, 0) is 25.3 Å². The number of nitrogens with zero attached hydrogens (tertiary/aromatic N) is 3. The summed E-state index contributed by atoms with van der Waals surface area (Å²) >= 11 is 0. The zero-order chi connectivity index (χ0) is 17.5. The van der Waals surface area contributed by atoms with Crippen LogP contribution in [0.15, 0.2) is 36.5 Å². The molecule has 24 heavy (non-hydrogen) atoms. The normalized spacial score (nSPS) is 11.7. The van der Waals surface area contributed by atoms with E-state index in [2.05, 4.69) is 15.3 Å². The van der Waals surface area contributed by atoms with Crippen LogP contribution >= 0.6 is 0 Å². The first-order valence-corrected chi connectivity index (χ1v) is 7.46. The minimum absolute atomic E-state index is 0.0104. The minimum Gasteiger partial charge on any atom is -0.481 e. The van der Waals surface area contributed by atoms with Gasteiger partial charge in [-0.1, -0.05) is 30.3 Å². The van der Waals surface area contributed by atoms with Crippen molar-refractivity contribution >= 4 is 17.6 Å². The van der Waals surface area contributed by atoms with Crippen LogP contribution in [0.4, 0.5) is 11.6 Å². The van der Waals surface area contributed by atoms with Gasteiger partial charge >= 0.3 is 11.7 Å². The van der Waals surface area contributed by atoms with Crippen LogP contribution in [0.2, 0.25) is 0 Å². The third-order valence-electron chi connectivity index (χ3n) is 3.51. The first-order chi connectivity index (χ1) is 11.5. The lowest BCUT2D eigenvalue weighted by Crippen LogP contribution is -2.25. The highest BCUT2D eigenvalue weighted by molar-refractivity contribution is 5.66. The van der Waals surface area contributed by atoms with E-state index in [-0.39, 0.29) is 29.8 Å². The highest BCUT2D eigenvalue weighted by Crippen LogP contribution is 2.17. The average Bonchev–Trinajstić information content (AvgIpc) is 2.53. The number of carbonyl (C=O) groups is 1. The molecule has 2 rings (SSSR count).